The van der Waals surface area contributed by atoms with Crippen LogP contribution in [-0.2, 0) is 0 Å². The van der Waals surface area contributed by atoms with E-state index in [1.54, 1.807) is 12.4 Å². The Morgan fingerprint density at radius 1 is 0.436 bits per heavy atom. The summed E-state index contributed by atoms with van der Waals surface area (Å²) in [6.45, 7) is 2.20. The van der Waals surface area contributed by atoms with E-state index in [4.69, 9.17) is 19.9 Å². The lowest BCUT2D eigenvalue weighted by Gasteiger charge is -2.24. The van der Waals surface area contributed by atoms with Crippen molar-refractivity contribution in [2.45, 2.75) is 18.9 Å². The minimum Gasteiger partial charge on any atom is -0.279 e. The molecule has 6 nitrogen and oxygen atoms in total. The van der Waals surface area contributed by atoms with Gasteiger partial charge in [0.05, 0.1) is 40.2 Å². The average molecular weight is 707 g/mol. The van der Waals surface area contributed by atoms with E-state index in [0.717, 1.165) is 56.4 Å². The number of dihydropyridines is 1. The van der Waals surface area contributed by atoms with Crippen LogP contribution in [0.25, 0.3) is 77.3 Å². The van der Waals surface area contributed by atoms with Crippen LogP contribution >= 0.6 is 0 Å². The van der Waals surface area contributed by atoms with Crippen LogP contribution in [0.15, 0.2) is 182 Å². The summed E-state index contributed by atoms with van der Waals surface area (Å²) < 4.78 is 0. The molecule has 9 aromatic rings. The van der Waals surface area contributed by atoms with Gasteiger partial charge >= 0.3 is 0 Å². The van der Waals surface area contributed by atoms with Crippen LogP contribution in [0, 0.1) is 0 Å². The Morgan fingerprint density at radius 3 is 1.71 bits per heavy atom. The van der Waals surface area contributed by atoms with Gasteiger partial charge in [0.25, 0.3) is 0 Å². The number of hydrogen-bond acceptors (Lipinski definition) is 6. The van der Waals surface area contributed by atoms with Gasteiger partial charge in [-0.25, -0.2) is 9.97 Å². The summed E-state index contributed by atoms with van der Waals surface area (Å²) >= 11 is 0. The third kappa shape index (κ3) is 6.04. The van der Waals surface area contributed by atoms with Crippen molar-refractivity contribution < 1.29 is 0 Å². The number of pyridine rings is 5. The molecule has 0 saturated carbocycles. The van der Waals surface area contributed by atoms with Crippen LogP contribution < -0.4 is 0 Å². The minimum absolute atomic E-state index is 0.0349. The van der Waals surface area contributed by atoms with Gasteiger partial charge in [-0.3, -0.25) is 19.9 Å². The second-order valence-electron chi connectivity index (χ2n) is 14.0. The summed E-state index contributed by atoms with van der Waals surface area (Å²) in [6, 6.07) is 46.7. The second kappa shape index (κ2) is 13.7. The fourth-order valence-corrected chi connectivity index (χ4v) is 7.82. The summed E-state index contributed by atoms with van der Waals surface area (Å²) in [4.78, 5) is 28.4. The number of benzene rings is 4. The highest BCUT2D eigenvalue weighted by Crippen LogP contribution is 2.39. The van der Waals surface area contributed by atoms with Crippen LogP contribution in [-0.4, -0.2) is 36.7 Å². The highest BCUT2D eigenvalue weighted by Gasteiger charge is 2.22. The number of allylic oxidation sites excluding steroid dienone is 1. The van der Waals surface area contributed by atoms with E-state index in [9.17, 15) is 0 Å². The van der Waals surface area contributed by atoms with Gasteiger partial charge < -0.3 is 0 Å². The van der Waals surface area contributed by atoms with E-state index in [-0.39, 0.29) is 12.0 Å². The smallest absolute Gasteiger partial charge is 0.0893 e. The predicted molar refractivity (Wildman–Crippen MR) is 224 cm³/mol. The molecule has 2 unspecified atom stereocenters. The van der Waals surface area contributed by atoms with E-state index >= 15 is 0 Å². The molecule has 0 amide bonds. The molecule has 55 heavy (non-hydrogen) atoms. The first kappa shape index (κ1) is 32.5. The van der Waals surface area contributed by atoms with Crippen molar-refractivity contribution in [1.29, 1.82) is 0 Å². The molecule has 6 heterocycles. The molecule has 0 fully saturated rings. The second-order valence-corrected chi connectivity index (χ2v) is 14.0. The summed E-state index contributed by atoms with van der Waals surface area (Å²) in [5, 5.41) is 7.43. The summed E-state index contributed by atoms with van der Waals surface area (Å²) in [5.74, 6) is 0.126. The van der Waals surface area contributed by atoms with E-state index < -0.39 is 0 Å². The first-order chi connectivity index (χ1) is 27.2. The van der Waals surface area contributed by atoms with Crippen molar-refractivity contribution in [1.82, 2.24) is 24.9 Å². The monoisotopic (exact) mass is 706 g/mol. The van der Waals surface area contributed by atoms with E-state index in [1.807, 2.05) is 79.3 Å². The lowest BCUT2D eigenvalue weighted by Crippen LogP contribution is -2.19. The van der Waals surface area contributed by atoms with Crippen LogP contribution in [0.5, 0.6) is 0 Å². The SMILES string of the molecule is CC1N=C(c2cccc(-c3cccnc3)n2)C=CC1c1ccc2c3ccccc3c3ccc(-c4ccc(-c5cccc(-c6cccnc6)n5)nc4)cc3c2c1. The van der Waals surface area contributed by atoms with Crippen molar-refractivity contribution in [3.63, 3.8) is 0 Å². The minimum atomic E-state index is 0.0349. The third-order valence-electron chi connectivity index (χ3n) is 10.6. The molecule has 0 spiro atoms. The Kier molecular flexibility index (Phi) is 8.07. The first-order valence-electron chi connectivity index (χ1n) is 18.5. The molecule has 4 aromatic carbocycles. The Morgan fingerprint density at radius 2 is 1.05 bits per heavy atom. The van der Waals surface area contributed by atoms with Crippen molar-refractivity contribution in [3.8, 4) is 45.0 Å². The fraction of sp³-hybridized carbons (Fsp3) is 0.0612. The molecule has 0 saturated heterocycles. The highest BCUT2D eigenvalue weighted by atomic mass is 14.8. The fourth-order valence-electron chi connectivity index (χ4n) is 7.82. The number of rotatable bonds is 6. The van der Waals surface area contributed by atoms with E-state index in [2.05, 4.69) is 102 Å². The topological polar surface area (TPSA) is 76.8 Å². The molecule has 260 valence electrons. The molecule has 2 atom stereocenters. The molecule has 0 bridgehead atoms. The third-order valence-corrected chi connectivity index (χ3v) is 10.6. The molecule has 0 N–H and O–H groups in total. The number of nitrogens with zero attached hydrogens (tertiary/aromatic N) is 6. The van der Waals surface area contributed by atoms with Gasteiger partial charge in [0, 0.05) is 53.6 Å². The van der Waals surface area contributed by atoms with Crippen LogP contribution in [0.3, 0.4) is 0 Å². The van der Waals surface area contributed by atoms with E-state index in [0.29, 0.717) is 0 Å². The normalized spacial score (nSPS) is 15.4. The Bertz CT molecular complexity index is 2940. The van der Waals surface area contributed by atoms with Gasteiger partial charge in [0.15, 0.2) is 0 Å². The molecule has 1 aliphatic heterocycles. The van der Waals surface area contributed by atoms with Crippen molar-refractivity contribution in [3.05, 3.63) is 188 Å². The first-order valence-corrected chi connectivity index (χ1v) is 18.5. The maximum absolute atomic E-state index is 5.18. The number of aromatic nitrogens is 5. The average Bonchev–Trinajstić information content (AvgIpc) is 3.27. The summed E-state index contributed by atoms with van der Waals surface area (Å²) in [6.07, 6.45) is 13.6. The lowest BCUT2D eigenvalue weighted by molar-refractivity contribution is 0.659. The van der Waals surface area contributed by atoms with Crippen molar-refractivity contribution >= 4 is 38.0 Å². The molecular formula is C49H34N6. The standard InChI is InChI=1S/C49H34N6/c1-31-37(21-23-49(53-31)48-15-5-13-45(55-48)36-9-7-25-51-29-36)33-17-20-41-39-11-3-2-10-38(39)40-19-16-32(26-42(40)43(41)27-33)34-18-22-46(52-30-34)47-14-4-12-44(54-47)35-8-6-24-50-28-35/h2-31,37H,1H3. The Balaban J connectivity index is 1.00. The van der Waals surface area contributed by atoms with Gasteiger partial charge in [0.2, 0.25) is 0 Å². The Hall–Kier alpha value is -7.18. The molecule has 5 aromatic heterocycles. The van der Waals surface area contributed by atoms with Crippen LogP contribution in [0.4, 0.5) is 0 Å². The van der Waals surface area contributed by atoms with Crippen LogP contribution in [0.1, 0.15) is 24.1 Å². The summed E-state index contributed by atoms with van der Waals surface area (Å²) in [7, 11) is 0. The van der Waals surface area contributed by atoms with Gasteiger partial charge in [0.1, 0.15) is 0 Å². The van der Waals surface area contributed by atoms with Gasteiger partial charge in [-0.15, -0.1) is 0 Å². The zero-order chi connectivity index (χ0) is 36.7. The van der Waals surface area contributed by atoms with Crippen LogP contribution in [0.2, 0.25) is 0 Å². The lowest BCUT2D eigenvalue weighted by atomic mass is 9.86. The zero-order valence-electron chi connectivity index (χ0n) is 30.1. The molecular weight excluding hydrogens is 673 g/mol. The number of hydrogen-bond donors (Lipinski definition) is 0. The van der Waals surface area contributed by atoms with Crippen molar-refractivity contribution in [2.75, 3.05) is 0 Å². The quantitative estimate of drug-likeness (QED) is 0.161. The Labute approximate surface area is 318 Å². The molecule has 10 rings (SSSR count). The predicted octanol–water partition coefficient (Wildman–Crippen LogP) is 11.3. The maximum Gasteiger partial charge on any atom is 0.0893 e. The maximum atomic E-state index is 5.18. The van der Waals surface area contributed by atoms with Crippen molar-refractivity contribution in [2.24, 2.45) is 4.99 Å². The molecule has 0 radical (unpaired) electrons. The highest BCUT2D eigenvalue weighted by molar-refractivity contribution is 6.26. The van der Waals surface area contributed by atoms with E-state index in [1.165, 1.54) is 37.9 Å². The van der Waals surface area contributed by atoms with Gasteiger partial charge in [-0.1, -0.05) is 72.8 Å². The molecule has 0 aliphatic carbocycles. The molecule has 1 aliphatic rings. The zero-order valence-corrected chi connectivity index (χ0v) is 30.1. The van der Waals surface area contributed by atoms with Gasteiger partial charge in [-0.2, -0.15) is 0 Å². The number of fused-ring (bicyclic) bond motifs is 6. The largest absolute Gasteiger partial charge is 0.279 e. The number of aliphatic imine (C=N–C) groups is 1. The van der Waals surface area contributed by atoms with Gasteiger partial charge in [-0.05, 0) is 123 Å². The molecule has 6 heteroatoms. The summed E-state index contributed by atoms with van der Waals surface area (Å²) in [5.41, 5.74) is 10.6.